The summed E-state index contributed by atoms with van der Waals surface area (Å²) in [5, 5.41) is 2.96. The third-order valence-corrected chi connectivity index (χ3v) is 3.10. The van der Waals surface area contributed by atoms with Crippen molar-refractivity contribution in [2.45, 2.75) is 44.7 Å². The Labute approximate surface area is 104 Å². The highest BCUT2D eigenvalue weighted by atomic mass is 19.4. The monoisotopic (exact) mass is 259 g/mol. The molecule has 0 radical (unpaired) electrons. The Morgan fingerprint density at radius 3 is 2.56 bits per heavy atom. The highest BCUT2D eigenvalue weighted by Gasteiger charge is 2.27. The van der Waals surface area contributed by atoms with Gasteiger partial charge in [0, 0.05) is 24.7 Å². The fourth-order valence-electron chi connectivity index (χ4n) is 2.22. The molecule has 0 fully saturated rings. The van der Waals surface area contributed by atoms with Crippen LogP contribution < -0.4 is 5.32 Å². The van der Waals surface area contributed by atoms with Crippen LogP contribution >= 0.6 is 0 Å². The summed E-state index contributed by atoms with van der Waals surface area (Å²) in [4.78, 5) is 8.46. The molecule has 0 unspecified atom stereocenters. The Morgan fingerprint density at radius 1 is 1.17 bits per heavy atom. The number of nitrogens with zero attached hydrogens (tertiary/aromatic N) is 2. The molecule has 18 heavy (non-hydrogen) atoms. The van der Waals surface area contributed by atoms with Gasteiger partial charge in [-0.2, -0.15) is 13.2 Å². The van der Waals surface area contributed by atoms with Crippen LogP contribution in [0.3, 0.4) is 0 Å². The Hall–Kier alpha value is -1.33. The molecule has 3 nitrogen and oxygen atoms in total. The second kappa shape index (κ2) is 5.12. The van der Waals surface area contributed by atoms with Gasteiger partial charge in [-0.05, 0) is 25.7 Å². The average molecular weight is 259 g/mol. The predicted octanol–water partition coefficient (Wildman–Crippen LogP) is 2.89. The molecule has 1 N–H and O–H groups in total. The lowest BCUT2D eigenvalue weighted by Crippen LogP contribution is -2.15. The molecule has 0 atom stereocenters. The first kappa shape index (κ1) is 13.1. The minimum Gasteiger partial charge on any atom is -0.373 e. The zero-order valence-electron chi connectivity index (χ0n) is 10.3. The van der Waals surface area contributed by atoms with Crippen molar-refractivity contribution in [3.05, 3.63) is 17.1 Å². The summed E-state index contributed by atoms with van der Waals surface area (Å²) < 4.78 is 36.6. The van der Waals surface area contributed by atoms with Gasteiger partial charge in [-0.25, -0.2) is 9.97 Å². The van der Waals surface area contributed by atoms with Crippen LogP contribution in [0, 0.1) is 0 Å². The number of fused-ring (bicyclic) bond motifs is 1. The topological polar surface area (TPSA) is 37.8 Å². The molecule has 0 saturated carbocycles. The molecule has 0 aromatic carbocycles. The minimum atomic E-state index is -4.15. The number of anilines is 1. The minimum absolute atomic E-state index is 0.147. The van der Waals surface area contributed by atoms with Crippen molar-refractivity contribution in [2.24, 2.45) is 0 Å². The molecule has 1 aliphatic rings. The predicted molar refractivity (Wildman–Crippen MR) is 62.6 cm³/mol. The molecule has 1 aromatic heterocycles. The smallest absolute Gasteiger partial charge is 0.373 e. The molecule has 1 aromatic rings. The van der Waals surface area contributed by atoms with Crippen LogP contribution in [-0.2, 0) is 19.3 Å². The fraction of sp³-hybridized carbons (Fsp3) is 0.667. The van der Waals surface area contributed by atoms with E-state index in [1.54, 1.807) is 7.05 Å². The van der Waals surface area contributed by atoms with E-state index in [1.807, 2.05) is 0 Å². The molecular weight excluding hydrogens is 243 g/mol. The van der Waals surface area contributed by atoms with E-state index in [-0.39, 0.29) is 12.2 Å². The van der Waals surface area contributed by atoms with Crippen LogP contribution in [0.15, 0.2) is 0 Å². The highest BCUT2D eigenvalue weighted by molar-refractivity contribution is 5.47. The number of rotatable bonds is 3. The van der Waals surface area contributed by atoms with Crippen LogP contribution in [-0.4, -0.2) is 23.2 Å². The van der Waals surface area contributed by atoms with E-state index in [9.17, 15) is 13.2 Å². The SMILES string of the molecule is CNc1nc(CCC(F)(F)F)nc2c1CCCC2. The van der Waals surface area contributed by atoms with Gasteiger partial charge in [-0.1, -0.05) is 0 Å². The Bertz CT molecular complexity index is 412. The Kier molecular flexibility index (Phi) is 3.73. The second-order valence-corrected chi connectivity index (χ2v) is 4.49. The normalized spacial score (nSPS) is 15.3. The summed E-state index contributed by atoms with van der Waals surface area (Å²) in [5.74, 6) is 0.981. The fourth-order valence-corrected chi connectivity index (χ4v) is 2.22. The van der Waals surface area contributed by atoms with Crippen molar-refractivity contribution in [1.82, 2.24) is 9.97 Å². The standard InChI is InChI=1S/C12H16F3N3/c1-16-11-8-4-2-3-5-9(8)17-10(18-11)6-7-12(13,14)15/h2-7H2,1H3,(H,16,17,18). The van der Waals surface area contributed by atoms with Gasteiger partial charge in [0.15, 0.2) is 0 Å². The third-order valence-electron chi connectivity index (χ3n) is 3.10. The van der Waals surface area contributed by atoms with E-state index in [0.717, 1.165) is 36.9 Å². The molecule has 2 rings (SSSR count). The van der Waals surface area contributed by atoms with Gasteiger partial charge >= 0.3 is 6.18 Å². The molecule has 0 amide bonds. The molecule has 0 saturated heterocycles. The summed E-state index contributed by atoms with van der Waals surface area (Å²) in [6.45, 7) is 0. The maximum absolute atomic E-state index is 12.2. The molecule has 1 aliphatic carbocycles. The number of hydrogen-bond donors (Lipinski definition) is 1. The lowest BCUT2D eigenvalue weighted by molar-refractivity contribution is -0.134. The summed E-state index contributed by atoms with van der Waals surface area (Å²) in [6.07, 6.45) is -1.28. The van der Waals surface area contributed by atoms with E-state index in [4.69, 9.17) is 0 Å². The van der Waals surface area contributed by atoms with E-state index in [0.29, 0.717) is 5.82 Å². The first-order valence-corrected chi connectivity index (χ1v) is 6.13. The molecule has 0 bridgehead atoms. The molecule has 0 aliphatic heterocycles. The zero-order chi connectivity index (χ0) is 13.2. The van der Waals surface area contributed by atoms with Crippen LogP contribution in [0.5, 0.6) is 0 Å². The quantitative estimate of drug-likeness (QED) is 0.907. The molecular formula is C12H16F3N3. The summed E-state index contributed by atoms with van der Waals surface area (Å²) in [6, 6.07) is 0. The van der Waals surface area contributed by atoms with Crippen LogP contribution in [0.2, 0.25) is 0 Å². The number of hydrogen-bond acceptors (Lipinski definition) is 3. The summed E-state index contributed by atoms with van der Waals surface area (Å²) in [7, 11) is 1.74. The average Bonchev–Trinajstić information content (AvgIpc) is 2.34. The van der Waals surface area contributed by atoms with Crippen molar-refractivity contribution >= 4 is 5.82 Å². The van der Waals surface area contributed by atoms with E-state index in [1.165, 1.54) is 0 Å². The lowest BCUT2D eigenvalue weighted by Gasteiger charge is -2.19. The van der Waals surface area contributed by atoms with Crippen molar-refractivity contribution < 1.29 is 13.2 Å². The van der Waals surface area contributed by atoms with Crippen LogP contribution in [0.25, 0.3) is 0 Å². The second-order valence-electron chi connectivity index (χ2n) is 4.49. The number of aryl methyl sites for hydroxylation is 2. The largest absolute Gasteiger partial charge is 0.389 e. The Balaban J connectivity index is 2.21. The number of halogens is 3. The van der Waals surface area contributed by atoms with Crippen molar-refractivity contribution in [3.63, 3.8) is 0 Å². The maximum atomic E-state index is 12.2. The van der Waals surface area contributed by atoms with Gasteiger partial charge in [0.25, 0.3) is 0 Å². The van der Waals surface area contributed by atoms with Crippen molar-refractivity contribution in [1.29, 1.82) is 0 Å². The molecule has 100 valence electrons. The highest BCUT2D eigenvalue weighted by Crippen LogP contribution is 2.27. The van der Waals surface area contributed by atoms with Gasteiger partial charge in [0.05, 0.1) is 6.42 Å². The number of alkyl halides is 3. The lowest BCUT2D eigenvalue weighted by atomic mass is 9.96. The molecule has 0 spiro atoms. The van der Waals surface area contributed by atoms with Crippen molar-refractivity contribution in [3.8, 4) is 0 Å². The van der Waals surface area contributed by atoms with Gasteiger partial charge in [0.1, 0.15) is 11.6 Å². The van der Waals surface area contributed by atoms with Crippen LogP contribution in [0.4, 0.5) is 19.0 Å². The summed E-state index contributed by atoms with van der Waals surface area (Å²) in [5.41, 5.74) is 1.98. The zero-order valence-corrected chi connectivity index (χ0v) is 10.3. The molecule has 1 heterocycles. The van der Waals surface area contributed by atoms with Gasteiger partial charge in [-0.15, -0.1) is 0 Å². The van der Waals surface area contributed by atoms with E-state index in [2.05, 4.69) is 15.3 Å². The van der Waals surface area contributed by atoms with Crippen molar-refractivity contribution in [2.75, 3.05) is 12.4 Å². The first-order valence-electron chi connectivity index (χ1n) is 6.13. The van der Waals surface area contributed by atoms with Gasteiger partial charge in [0.2, 0.25) is 0 Å². The number of nitrogens with one attached hydrogen (secondary N) is 1. The van der Waals surface area contributed by atoms with Gasteiger partial charge in [-0.3, -0.25) is 0 Å². The third kappa shape index (κ3) is 3.11. The van der Waals surface area contributed by atoms with E-state index >= 15 is 0 Å². The van der Waals surface area contributed by atoms with Crippen LogP contribution in [0.1, 0.15) is 36.3 Å². The maximum Gasteiger partial charge on any atom is 0.389 e. The Morgan fingerprint density at radius 2 is 1.89 bits per heavy atom. The van der Waals surface area contributed by atoms with Gasteiger partial charge < -0.3 is 5.32 Å². The first-order chi connectivity index (χ1) is 8.49. The number of aromatic nitrogens is 2. The summed E-state index contributed by atoms with van der Waals surface area (Å²) >= 11 is 0. The molecule has 6 heteroatoms. The van der Waals surface area contributed by atoms with E-state index < -0.39 is 12.6 Å².